The smallest absolute Gasteiger partial charge is 0.417 e. The standard InChI is InChI=1S/C22H21F4N5O2/c1-21(2,3)12-33-16-9-17(23)28-11-15(16)30-20(32)13-6-7-27-19(8-13)31-18-5-4-14(10-29-18)22(24,25)26/h4-11H,12H2,1-3H3,(H,30,32)(H,27,29,31). The molecule has 3 rings (SSSR count). The second-order valence-corrected chi connectivity index (χ2v) is 8.29. The van der Waals surface area contributed by atoms with Crippen molar-refractivity contribution in [2.75, 3.05) is 17.2 Å². The molecule has 0 aliphatic carbocycles. The summed E-state index contributed by atoms with van der Waals surface area (Å²) in [4.78, 5) is 24.0. The maximum Gasteiger partial charge on any atom is 0.417 e. The molecule has 0 radical (unpaired) electrons. The molecule has 0 aromatic carbocycles. The van der Waals surface area contributed by atoms with Gasteiger partial charge in [-0.25, -0.2) is 15.0 Å². The molecular weight excluding hydrogens is 442 g/mol. The molecule has 0 aliphatic heterocycles. The number of rotatable bonds is 6. The van der Waals surface area contributed by atoms with Gasteiger partial charge in [-0.3, -0.25) is 4.79 Å². The molecule has 0 unspecified atom stereocenters. The van der Waals surface area contributed by atoms with Crippen LogP contribution in [0.5, 0.6) is 5.75 Å². The minimum absolute atomic E-state index is 0.119. The Labute approximate surface area is 187 Å². The number of hydrogen-bond donors (Lipinski definition) is 2. The van der Waals surface area contributed by atoms with Crippen molar-refractivity contribution in [3.05, 3.63) is 66.0 Å². The van der Waals surface area contributed by atoms with E-state index in [1.807, 2.05) is 20.8 Å². The van der Waals surface area contributed by atoms with Crippen molar-refractivity contribution in [3.63, 3.8) is 0 Å². The lowest BCUT2D eigenvalue weighted by Crippen LogP contribution is -2.19. The van der Waals surface area contributed by atoms with Gasteiger partial charge in [0.15, 0.2) is 0 Å². The maximum absolute atomic E-state index is 13.6. The van der Waals surface area contributed by atoms with Gasteiger partial charge in [0.1, 0.15) is 23.1 Å². The molecule has 174 valence electrons. The highest BCUT2D eigenvalue weighted by Crippen LogP contribution is 2.29. The Bertz CT molecular complexity index is 1130. The van der Waals surface area contributed by atoms with Crippen LogP contribution >= 0.6 is 0 Å². The number of anilines is 3. The van der Waals surface area contributed by atoms with Gasteiger partial charge in [0, 0.05) is 24.0 Å². The molecule has 3 aromatic heterocycles. The summed E-state index contributed by atoms with van der Waals surface area (Å²) in [7, 11) is 0. The van der Waals surface area contributed by atoms with Crippen LogP contribution in [0, 0.1) is 11.4 Å². The van der Waals surface area contributed by atoms with E-state index >= 15 is 0 Å². The number of halogens is 4. The molecule has 0 fully saturated rings. The van der Waals surface area contributed by atoms with Gasteiger partial charge in [0.2, 0.25) is 5.95 Å². The van der Waals surface area contributed by atoms with Crippen molar-refractivity contribution in [1.29, 1.82) is 0 Å². The summed E-state index contributed by atoms with van der Waals surface area (Å²) in [5.74, 6) is -0.858. The summed E-state index contributed by atoms with van der Waals surface area (Å²) >= 11 is 0. The van der Waals surface area contributed by atoms with Crippen LogP contribution in [0.1, 0.15) is 36.7 Å². The van der Waals surface area contributed by atoms with E-state index in [1.54, 1.807) is 0 Å². The van der Waals surface area contributed by atoms with Gasteiger partial charge < -0.3 is 15.4 Å². The number of nitrogens with zero attached hydrogens (tertiary/aromatic N) is 3. The molecule has 0 bridgehead atoms. The lowest BCUT2D eigenvalue weighted by molar-refractivity contribution is -0.137. The average molecular weight is 463 g/mol. The molecule has 0 saturated carbocycles. The number of amides is 1. The predicted molar refractivity (Wildman–Crippen MR) is 114 cm³/mol. The molecule has 1 amide bonds. The predicted octanol–water partition coefficient (Wildman–Crippen LogP) is 5.45. The van der Waals surface area contributed by atoms with Gasteiger partial charge in [-0.15, -0.1) is 0 Å². The Morgan fingerprint density at radius 2 is 1.76 bits per heavy atom. The van der Waals surface area contributed by atoms with Crippen molar-refractivity contribution < 1.29 is 27.1 Å². The van der Waals surface area contributed by atoms with E-state index in [2.05, 4.69) is 25.6 Å². The zero-order valence-electron chi connectivity index (χ0n) is 18.0. The molecule has 0 spiro atoms. The van der Waals surface area contributed by atoms with E-state index in [-0.39, 0.29) is 40.7 Å². The highest BCUT2D eigenvalue weighted by Gasteiger charge is 2.30. The third kappa shape index (κ3) is 6.86. The zero-order chi connectivity index (χ0) is 24.2. The molecular formula is C22H21F4N5O2. The normalized spacial score (nSPS) is 11.7. The summed E-state index contributed by atoms with van der Waals surface area (Å²) in [5.41, 5.74) is -0.711. The molecule has 0 atom stereocenters. The van der Waals surface area contributed by atoms with E-state index in [4.69, 9.17) is 4.74 Å². The first-order chi connectivity index (χ1) is 15.4. The van der Waals surface area contributed by atoms with Crippen LogP contribution < -0.4 is 15.4 Å². The number of carbonyl (C=O) groups excluding carboxylic acids is 1. The SMILES string of the molecule is CC(C)(C)COc1cc(F)ncc1NC(=O)c1ccnc(Nc2ccc(C(F)(F)F)cn2)c1. The lowest BCUT2D eigenvalue weighted by Gasteiger charge is -2.20. The van der Waals surface area contributed by atoms with Crippen LogP contribution in [0.25, 0.3) is 0 Å². The highest BCUT2D eigenvalue weighted by molar-refractivity contribution is 6.05. The second kappa shape index (κ2) is 9.39. The third-order valence-electron chi connectivity index (χ3n) is 4.11. The Hall–Kier alpha value is -3.76. The van der Waals surface area contributed by atoms with Crippen molar-refractivity contribution >= 4 is 23.2 Å². The average Bonchev–Trinajstić information content (AvgIpc) is 2.73. The van der Waals surface area contributed by atoms with E-state index in [0.29, 0.717) is 6.20 Å². The zero-order valence-corrected chi connectivity index (χ0v) is 18.0. The molecule has 33 heavy (non-hydrogen) atoms. The molecule has 2 N–H and O–H groups in total. The fraction of sp³-hybridized carbons (Fsp3) is 0.273. The number of hydrogen-bond acceptors (Lipinski definition) is 6. The first-order valence-electron chi connectivity index (χ1n) is 9.77. The van der Waals surface area contributed by atoms with E-state index in [9.17, 15) is 22.4 Å². The van der Waals surface area contributed by atoms with Crippen LogP contribution in [-0.4, -0.2) is 27.5 Å². The molecule has 11 heteroatoms. The van der Waals surface area contributed by atoms with Gasteiger partial charge in [-0.2, -0.15) is 17.6 Å². The number of ether oxygens (including phenoxy) is 1. The monoisotopic (exact) mass is 463 g/mol. The molecule has 3 heterocycles. The van der Waals surface area contributed by atoms with Crippen molar-refractivity contribution in [3.8, 4) is 5.75 Å². The number of aromatic nitrogens is 3. The summed E-state index contributed by atoms with van der Waals surface area (Å²) in [6.45, 7) is 6.11. The molecule has 0 saturated heterocycles. The first-order valence-corrected chi connectivity index (χ1v) is 9.77. The van der Waals surface area contributed by atoms with Crippen LogP contribution in [0.3, 0.4) is 0 Å². The van der Waals surface area contributed by atoms with Crippen LogP contribution in [-0.2, 0) is 6.18 Å². The van der Waals surface area contributed by atoms with E-state index in [1.165, 1.54) is 18.3 Å². The quantitative estimate of drug-likeness (QED) is 0.373. The summed E-state index contributed by atoms with van der Waals surface area (Å²) < 4.78 is 57.3. The summed E-state index contributed by atoms with van der Waals surface area (Å²) in [5, 5.41) is 5.36. The first kappa shape index (κ1) is 23.9. The Morgan fingerprint density at radius 3 is 2.39 bits per heavy atom. The van der Waals surface area contributed by atoms with Gasteiger partial charge in [-0.1, -0.05) is 20.8 Å². The number of nitrogens with one attached hydrogen (secondary N) is 2. The maximum atomic E-state index is 13.6. The lowest BCUT2D eigenvalue weighted by atomic mass is 9.99. The third-order valence-corrected chi connectivity index (χ3v) is 4.11. The second-order valence-electron chi connectivity index (χ2n) is 8.29. The van der Waals surface area contributed by atoms with Crippen LogP contribution in [0.15, 0.2) is 48.9 Å². The topological polar surface area (TPSA) is 89.0 Å². The fourth-order valence-electron chi connectivity index (χ4n) is 2.52. The summed E-state index contributed by atoms with van der Waals surface area (Å²) in [6.07, 6.45) is -1.30. The number of carbonyl (C=O) groups is 1. The molecule has 7 nitrogen and oxygen atoms in total. The van der Waals surface area contributed by atoms with E-state index in [0.717, 1.165) is 24.4 Å². The highest BCUT2D eigenvalue weighted by atomic mass is 19.4. The molecule has 0 aliphatic rings. The fourth-order valence-corrected chi connectivity index (χ4v) is 2.52. The van der Waals surface area contributed by atoms with Gasteiger partial charge in [-0.05, 0) is 29.7 Å². The van der Waals surface area contributed by atoms with Crippen LogP contribution in [0.4, 0.5) is 34.9 Å². The molecule has 3 aromatic rings. The van der Waals surface area contributed by atoms with Gasteiger partial charge >= 0.3 is 6.18 Å². The minimum atomic E-state index is -4.49. The van der Waals surface area contributed by atoms with Crippen molar-refractivity contribution in [1.82, 2.24) is 15.0 Å². The Kier molecular flexibility index (Phi) is 6.80. The van der Waals surface area contributed by atoms with Gasteiger partial charge in [0.25, 0.3) is 5.91 Å². The van der Waals surface area contributed by atoms with E-state index < -0.39 is 23.6 Å². The summed E-state index contributed by atoms with van der Waals surface area (Å²) in [6, 6.07) is 5.94. The van der Waals surface area contributed by atoms with Crippen molar-refractivity contribution in [2.45, 2.75) is 26.9 Å². The number of pyridine rings is 3. The largest absolute Gasteiger partial charge is 0.491 e. The van der Waals surface area contributed by atoms with Crippen LogP contribution in [0.2, 0.25) is 0 Å². The number of alkyl halides is 3. The Morgan fingerprint density at radius 1 is 1.00 bits per heavy atom. The van der Waals surface area contributed by atoms with Crippen molar-refractivity contribution in [2.24, 2.45) is 5.41 Å². The Balaban J connectivity index is 1.74. The minimum Gasteiger partial charge on any atom is -0.491 e. The van der Waals surface area contributed by atoms with Gasteiger partial charge in [0.05, 0.1) is 18.4 Å².